The largest absolute Gasteiger partial charge is 0.314 e. The van der Waals surface area contributed by atoms with E-state index in [-0.39, 0.29) is 0 Å². The Balaban J connectivity index is 2.60. The van der Waals surface area contributed by atoms with Crippen molar-refractivity contribution in [2.24, 2.45) is 5.92 Å². The van der Waals surface area contributed by atoms with Crippen LogP contribution in [-0.4, -0.2) is 22.4 Å². The lowest BCUT2D eigenvalue weighted by Crippen LogP contribution is -2.30. The second-order valence-electron chi connectivity index (χ2n) is 5.31. The van der Waals surface area contributed by atoms with E-state index in [1.54, 1.807) is 0 Å². The number of aromatic nitrogens is 2. The van der Waals surface area contributed by atoms with Gasteiger partial charge in [-0.2, -0.15) is 5.10 Å². The molecule has 0 saturated heterocycles. The maximum absolute atomic E-state index is 4.40. The number of aryl methyl sites for hydroxylation is 1. The van der Waals surface area contributed by atoms with Crippen LogP contribution in [0.3, 0.4) is 0 Å². The van der Waals surface area contributed by atoms with Gasteiger partial charge in [0.1, 0.15) is 0 Å². The minimum atomic E-state index is 0.551. The lowest BCUT2D eigenvalue weighted by atomic mass is 9.92. The van der Waals surface area contributed by atoms with Crippen LogP contribution >= 0.6 is 0 Å². The van der Waals surface area contributed by atoms with E-state index in [2.05, 4.69) is 55.8 Å². The molecule has 1 aromatic heterocycles. The molecule has 2 unspecified atom stereocenters. The van der Waals surface area contributed by atoms with Crippen LogP contribution in [0.1, 0.15) is 52.7 Å². The predicted molar refractivity (Wildman–Crippen MR) is 73.2 cm³/mol. The average molecular weight is 237 g/mol. The van der Waals surface area contributed by atoms with Gasteiger partial charge >= 0.3 is 0 Å². The Morgan fingerprint density at radius 1 is 1.29 bits per heavy atom. The molecule has 0 aliphatic rings. The highest BCUT2D eigenvalue weighted by atomic mass is 15.3. The first-order valence-electron chi connectivity index (χ1n) is 6.81. The van der Waals surface area contributed by atoms with Gasteiger partial charge < -0.3 is 5.32 Å². The number of hydrogen-bond acceptors (Lipinski definition) is 2. The van der Waals surface area contributed by atoms with Crippen LogP contribution in [0.25, 0.3) is 0 Å². The van der Waals surface area contributed by atoms with E-state index in [0.29, 0.717) is 17.9 Å². The zero-order valence-corrected chi connectivity index (χ0v) is 11.9. The van der Waals surface area contributed by atoms with Crippen LogP contribution in [0.5, 0.6) is 0 Å². The van der Waals surface area contributed by atoms with Crippen molar-refractivity contribution in [2.75, 3.05) is 6.54 Å². The van der Waals surface area contributed by atoms with Gasteiger partial charge in [-0.15, -0.1) is 0 Å². The molecule has 1 heterocycles. The van der Waals surface area contributed by atoms with Gasteiger partial charge in [0.15, 0.2) is 0 Å². The predicted octanol–water partition coefficient (Wildman–Crippen LogP) is 3.03. The molecule has 0 fully saturated rings. The van der Waals surface area contributed by atoms with Gasteiger partial charge in [-0.25, -0.2) is 0 Å². The van der Waals surface area contributed by atoms with E-state index in [4.69, 9.17) is 0 Å². The molecule has 2 atom stereocenters. The highest BCUT2D eigenvalue weighted by molar-refractivity contribution is 5.08. The first-order valence-corrected chi connectivity index (χ1v) is 6.81. The lowest BCUT2D eigenvalue weighted by Gasteiger charge is -2.22. The Morgan fingerprint density at radius 2 is 2.00 bits per heavy atom. The van der Waals surface area contributed by atoms with Gasteiger partial charge in [-0.05, 0) is 24.9 Å². The first kappa shape index (κ1) is 14.2. The third-order valence-electron chi connectivity index (χ3n) is 3.35. The van der Waals surface area contributed by atoms with Crippen LogP contribution in [0.4, 0.5) is 0 Å². The second-order valence-corrected chi connectivity index (χ2v) is 5.31. The maximum atomic E-state index is 4.40. The molecule has 0 saturated carbocycles. The van der Waals surface area contributed by atoms with Crippen molar-refractivity contribution in [2.45, 2.75) is 59.5 Å². The SMILES string of the molecule is CCCn1nccc1C(C)C(C)CNC(C)C. The highest BCUT2D eigenvalue weighted by Crippen LogP contribution is 2.23. The van der Waals surface area contributed by atoms with Gasteiger partial charge in [0.25, 0.3) is 0 Å². The summed E-state index contributed by atoms with van der Waals surface area (Å²) in [6.07, 6.45) is 3.06. The average Bonchev–Trinajstić information content (AvgIpc) is 2.73. The fourth-order valence-electron chi connectivity index (χ4n) is 2.02. The second kappa shape index (κ2) is 6.80. The van der Waals surface area contributed by atoms with E-state index >= 15 is 0 Å². The molecule has 1 rings (SSSR count). The summed E-state index contributed by atoms with van der Waals surface area (Å²) in [5.41, 5.74) is 1.37. The van der Waals surface area contributed by atoms with Crippen LogP contribution < -0.4 is 5.32 Å². The Bertz CT molecular complexity index is 317. The van der Waals surface area contributed by atoms with Crippen molar-refractivity contribution >= 4 is 0 Å². The Hall–Kier alpha value is -0.830. The van der Waals surface area contributed by atoms with Crippen molar-refractivity contribution < 1.29 is 0 Å². The van der Waals surface area contributed by atoms with Crippen LogP contribution in [0.2, 0.25) is 0 Å². The molecule has 0 radical (unpaired) electrons. The van der Waals surface area contributed by atoms with E-state index in [0.717, 1.165) is 19.5 Å². The number of rotatable bonds is 7. The summed E-state index contributed by atoms with van der Waals surface area (Å²) >= 11 is 0. The summed E-state index contributed by atoms with van der Waals surface area (Å²) < 4.78 is 2.15. The minimum absolute atomic E-state index is 0.551. The molecule has 0 aromatic carbocycles. The summed E-state index contributed by atoms with van der Waals surface area (Å²) in [5, 5.41) is 7.91. The summed E-state index contributed by atoms with van der Waals surface area (Å²) in [6.45, 7) is 13.3. The summed E-state index contributed by atoms with van der Waals surface area (Å²) in [5.74, 6) is 1.18. The van der Waals surface area contributed by atoms with Gasteiger partial charge in [-0.1, -0.05) is 34.6 Å². The third-order valence-corrected chi connectivity index (χ3v) is 3.35. The molecule has 1 aromatic rings. The molecule has 3 nitrogen and oxygen atoms in total. The normalized spacial score (nSPS) is 15.2. The molecule has 98 valence electrons. The summed E-state index contributed by atoms with van der Waals surface area (Å²) in [4.78, 5) is 0. The molecule has 0 spiro atoms. The maximum Gasteiger partial charge on any atom is 0.0492 e. The molecule has 1 N–H and O–H groups in total. The molecule has 3 heteroatoms. The van der Waals surface area contributed by atoms with Gasteiger partial charge in [0, 0.05) is 30.4 Å². The topological polar surface area (TPSA) is 29.9 Å². The van der Waals surface area contributed by atoms with Crippen molar-refractivity contribution in [3.63, 3.8) is 0 Å². The van der Waals surface area contributed by atoms with E-state index in [1.807, 2.05) is 6.20 Å². The van der Waals surface area contributed by atoms with Crippen LogP contribution in [-0.2, 0) is 6.54 Å². The van der Waals surface area contributed by atoms with Gasteiger partial charge in [-0.3, -0.25) is 4.68 Å². The molecule has 0 aliphatic heterocycles. The summed E-state index contributed by atoms with van der Waals surface area (Å²) in [6, 6.07) is 2.72. The zero-order chi connectivity index (χ0) is 12.8. The monoisotopic (exact) mass is 237 g/mol. The highest BCUT2D eigenvalue weighted by Gasteiger charge is 2.17. The Morgan fingerprint density at radius 3 is 2.59 bits per heavy atom. The van der Waals surface area contributed by atoms with Crippen molar-refractivity contribution in [3.8, 4) is 0 Å². The Labute approximate surface area is 106 Å². The quantitative estimate of drug-likeness (QED) is 0.790. The molecule has 0 aliphatic carbocycles. The molecule has 0 bridgehead atoms. The van der Waals surface area contributed by atoms with E-state index in [1.165, 1.54) is 5.69 Å². The summed E-state index contributed by atoms with van der Waals surface area (Å²) in [7, 11) is 0. The zero-order valence-electron chi connectivity index (χ0n) is 11.9. The minimum Gasteiger partial charge on any atom is -0.314 e. The van der Waals surface area contributed by atoms with E-state index in [9.17, 15) is 0 Å². The molecule has 0 amide bonds. The molecular weight excluding hydrogens is 210 g/mol. The Kier molecular flexibility index (Phi) is 5.69. The fourth-order valence-corrected chi connectivity index (χ4v) is 2.02. The standard InChI is InChI=1S/C14H27N3/c1-6-9-17-14(7-8-16-17)13(5)12(4)10-15-11(2)3/h7-8,11-13,15H,6,9-10H2,1-5H3. The third kappa shape index (κ3) is 4.15. The lowest BCUT2D eigenvalue weighted by molar-refractivity contribution is 0.404. The first-order chi connectivity index (χ1) is 8.06. The van der Waals surface area contributed by atoms with E-state index < -0.39 is 0 Å². The number of hydrogen-bond donors (Lipinski definition) is 1. The number of nitrogens with zero attached hydrogens (tertiary/aromatic N) is 2. The van der Waals surface area contributed by atoms with Gasteiger partial charge in [0.05, 0.1) is 0 Å². The smallest absolute Gasteiger partial charge is 0.0492 e. The van der Waals surface area contributed by atoms with Crippen molar-refractivity contribution in [3.05, 3.63) is 18.0 Å². The van der Waals surface area contributed by atoms with Crippen LogP contribution in [0, 0.1) is 5.92 Å². The molecular formula is C14H27N3. The van der Waals surface area contributed by atoms with Crippen molar-refractivity contribution in [1.29, 1.82) is 0 Å². The number of nitrogens with one attached hydrogen (secondary N) is 1. The van der Waals surface area contributed by atoms with Crippen LogP contribution in [0.15, 0.2) is 12.3 Å². The fraction of sp³-hybridized carbons (Fsp3) is 0.786. The van der Waals surface area contributed by atoms with Crippen molar-refractivity contribution in [1.82, 2.24) is 15.1 Å². The molecule has 17 heavy (non-hydrogen) atoms. The van der Waals surface area contributed by atoms with Gasteiger partial charge in [0.2, 0.25) is 0 Å².